The third kappa shape index (κ3) is 7.87. The van der Waals surface area contributed by atoms with Crippen LogP contribution in [0.1, 0.15) is 20.3 Å². The van der Waals surface area contributed by atoms with E-state index < -0.39 is 5.41 Å². The number of thioether (sulfide) groups is 2. The Kier molecular flexibility index (Phi) is 7.66. The van der Waals surface area contributed by atoms with Gasteiger partial charge >= 0.3 is 0 Å². The molecule has 0 atom stereocenters. The molecule has 0 aromatic carbocycles. The summed E-state index contributed by atoms with van der Waals surface area (Å²) in [6.45, 7) is 3.70. The van der Waals surface area contributed by atoms with Gasteiger partial charge in [0.1, 0.15) is 0 Å². The molecule has 0 saturated heterocycles. The number of rotatable bonds is 9. The van der Waals surface area contributed by atoms with Gasteiger partial charge in [0, 0.05) is 29.4 Å². The fraction of sp³-hybridized carbons (Fsp3) is 0.800. The van der Waals surface area contributed by atoms with Crippen LogP contribution in [0, 0.1) is 5.41 Å². The van der Waals surface area contributed by atoms with Crippen molar-refractivity contribution in [2.45, 2.75) is 20.3 Å². The van der Waals surface area contributed by atoms with E-state index >= 15 is 0 Å². The van der Waals surface area contributed by atoms with Crippen molar-refractivity contribution in [2.24, 2.45) is 16.9 Å². The Labute approximate surface area is 105 Å². The Hall–Kier alpha value is -0.360. The molecule has 0 heterocycles. The van der Waals surface area contributed by atoms with Crippen LogP contribution >= 0.6 is 23.5 Å². The molecule has 0 aliphatic rings. The predicted octanol–water partition coefficient (Wildman–Crippen LogP) is 0.840. The van der Waals surface area contributed by atoms with Crippen LogP contribution in [-0.2, 0) is 9.59 Å². The first-order valence-electron chi connectivity index (χ1n) is 5.10. The summed E-state index contributed by atoms with van der Waals surface area (Å²) >= 11 is 3.41. The zero-order chi connectivity index (χ0) is 12.6. The van der Waals surface area contributed by atoms with Crippen molar-refractivity contribution in [2.75, 3.05) is 23.0 Å². The molecule has 2 amide bonds. The number of hydrogen-bond donors (Lipinski definition) is 2. The molecule has 16 heavy (non-hydrogen) atoms. The lowest BCUT2D eigenvalue weighted by Gasteiger charge is -2.19. The Morgan fingerprint density at radius 2 is 1.62 bits per heavy atom. The van der Waals surface area contributed by atoms with Crippen molar-refractivity contribution >= 4 is 35.3 Å². The van der Waals surface area contributed by atoms with Crippen molar-refractivity contribution in [3.63, 3.8) is 0 Å². The van der Waals surface area contributed by atoms with Crippen LogP contribution in [0.15, 0.2) is 0 Å². The van der Waals surface area contributed by atoms with E-state index in [2.05, 4.69) is 0 Å². The van der Waals surface area contributed by atoms with Crippen molar-refractivity contribution in [1.82, 2.24) is 0 Å². The van der Waals surface area contributed by atoms with Gasteiger partial charge in [-0.3, -0.25) is 9.59 Å². The summed E-state index contributed by atoms with van der Waals surface area (Å²) in [6, 6.07) is 0. The molecule has 0 saturated carbocycles. The molecule has 94 valence electrons. The van der Waals surface area contributed by atoms with Crippen molar-refractivity contribution in [3.8, 4) is 0 Å². The first-order valence-corrected chi connectivity index (χ1v) is 7.41. The second kappa shape index (κ2) is 7.84. The van der Waals surface area contributed by atoms with Crippen LogP contribution in [0.4, 0.5) is 0 Å². The smallest absolute Gasteiger partial charge is 0.223 e. The van der Waals surface area contributed by atoms with Gasteiger partial charge in [-0.25, -0.2) is 0 Å². The quantitative estimate of drug-likeness (QED) is 0.604. The van der Waals surface area contributed by atoms with E-state index in [0.29, 0.717) is 6.42 Å². The molecule has 0 fully saturated rings. The predicted molar refractivity (Wildman–Crippen MR) is 71.4 cm³/mol. The first kappa shape index (κ1) is 15.6. The lowest BCUT2D eigenvalue weighted by molar-refractivity contribution is -0.124. The van der Waals surface area contributed by atoms with Gasteiger partial charge in [-0.05, 0) is 0 Å². The third-order valence-electron chi connectivity index (χ3n) is 1.99. The average Bonchev–Trinajstić information content (AvgIpc) is 2.15. The summed E-state index contributed by atoms with van der Waals surface area (Å²) in [4.78, 5) is 21.5. The molecule has 0 aromatic rings. The zero-order valence-electron chi connectivity index (χ0n) is 9.82. The Morgan fingerprint density at radius 1 is 1.06 bits per heavy atom. The zero-order valence-corrected chi connectivity index (χ0v) is 11.5. The minimum absolute atomic E-state index is 0.255. The lowest BCUT2D eigenvalue weighted by Crippen LogP contribution is -2.33. The summed E-state index contributed by atoms with van der Waals surface area (Å²) in [5.41, 5.74) is 9.83. The Bertz CT molecular complexity index is 245. The second-order valence-electron chi connectivity index (χ2n) is 4.13. The number of carbonyl (C=O) groups excluding carboxylic acids is 2. The summed E-state index contributed by atoms with van der Waals surface area (Å²) < 4.78 is 0. The van der Waals surface area contributed by atoms with E-state index in [4.69, 9.17) is 11.5 Å². The molecule has 0 unspecified atom stereocenters. The lowest BCUT2D eigenvalue weighted by atomic mass is 9.96. The molecular formula is C10H20N2O2S2. The maximum atomic E-state index is 11.0. The molecule has 0 radical (unpaired) electrons. The van der Waals surface area contributed by atoms with Crippen molar-refractivity contribution < 1.29 is 9.59 Å². The summed E-state index contributed by atoms with van der Waals surface area (Å²) in [7, 11) is 0. The highest BCUT2D eigenvalue weighted by Gasteiger charge is 2.24. The second-order valence-corrected chi connectivity index (χ2v) is 6.46. The minimum atomic E-state index is -0.442. The molecule has 6 heteroatoms. The number of nitrogens with two attached hydrogens (primary N) is 2. The largest absolute Gasteiger partial charge is 0.370 e. The first-order chi connectivity index (χ1) is 7.36. The maximum Gasteiger partial charge on any atom is 0.223 e. The van der Waals surface area contributed by atoms with Gasteiger partial charge in [-0.15, -0.1) is 0 Å². The maximum absolute atomic E-state index is 11.0. The van der Waals surface area contributed by atoms with Crippen LogP contribution in [0.5, 0.6) is 0 Å². The van der Waals surface area contributed by atoms with Gasteiger partial charge in [0.15, 0.2) is 0 Å². The molecule has 0 aliphatic carbocycles. The van der Waals surface area contributed by atoms with Gasteiger partial charge in [0.25, 0.3) is 0 Å². The van der Waals surface area contributed by atoms with Crippen LogP contribution in [-0.4, -0.2) is 34.8 Å². The normalized spacial score (nSPS) is 11.4. The van der Waals surface area contributed by atoms with E-state index in [0.717, 1.165) is 23.0 Å². The van der Waals surface area contributed by atoms with Crippen molar-refractivity contribution in [1.29, 1.82) is 0 Å². The van der Waals surface area contributed by atoms with Gasteiger partial charge < -0.3 is 11.5 Å². The molecule has 0 rings (SSSR count). The molecule has 0 spiro atoms. The van der Waals surface area contributed by atoms with Gasteiger partial charge in [-0.1, -0.05) is 13.8 Å². The number of amides is 2. The van der Waals surface area contributed by atoms with E-state index in [-0.39, 0.29) is 11.8 Å². The molecular weight excluding hydrogens is 244 g/mol. The Morgan fingerprint density at radius 3 is 2.12 bits per heavy atom. The highest BCUT2D eigenvalue weighted by Crippen LogP contribution is 2.21. The van der Waals surface area contributed by atoms with E-state index in [1.54, 1.807) is 23.5 Å². The monoisotopic (exact) mass is 264 g/mol. The summed E-state index contributed by atoms with van der Waals surface area (Å²) in [5.74, 6) is 2.91. The van der Waals surface area contributed by atoms with Crippen molar-refractivity contribution in [3.05, 3.63) is 0 Å². The summed E-state index contributed by atoms with van der Waals surface area (Å²) in [6.07, 6.45) is 0.433. The Balaban J connectivity index is 3.40. The molecule has 4 N–H and O–H groups in total. The van der Waals surface area contributed by atoms with E-state index in [1.165, 1.54) is 0 Å². The number of carbonyl (C=O) groups is 2. The van der Waals surface area contributed by atoms with E-state index in [9.17, 15) is 9.59 Å². The van der Waals surface area contributed by atoms with Crippen LogP contribution in [0.25, 0.3) is 0 Å². The average molecular weight is 264 g/mol. The van der Waals surface area contributed by atoms with Crippen LogP contribution in [0.3, 0.4) is 0 Å². The topological polar surface area (TPSA) is 86.2 Å². The standard InChI is InChI=1S/C10H20N2O2S2/c1-10(2,9(12)14)7-16-6-5-15-4-3-8(11)13/h3-7H2,1-2H3,(H2,11,13)(H2,12,14). The molecule has 0 aromatic heterocycles. The van der Waals surface area contributed by atoms with Crippen LogP contribution < -0.4 is 11.5 Å². The van der Waals surface area contributed by atoms with Crippen LogP contribution in [0.2, 0.25) is 0 Å². The molecule has 0 bridgehead atoms. The number of hydrogen-bond acceptors (Lipinski definition) is 4. The highest BCUT2D eigenvalue weighted by molar-refractivity contribution is 8.02. The fourth-order valence-corrected chi connectivity index (χ4v) is 3.08. The fourth-order valence-electron chi connectivity index (χ4n) is 0.791. The highest BCUT2D eigenvalue weighted by atomic mass is 32.2. The van der Waals surface area contributed by atoms with Gasteiger partial charge in [0.2, 0.25) is 11.8 Å². The summed E-state index contributed by atoms with van der Waals surface area (Å²) in [5, 5.41) is 0. The van der Waals surface area contributed by atoms with Gasteiger partial charge in [-0.2, -0.15) is 23.5 Å². The van der Waals surface area contributed by atoms with E-state index in [1.807, 2.05) is 13.8 Å². The third-order valence-corrected chi connectivity index (χ3v) is 4.66. The minimum Gasteiger partial charge on any atom is -0.370 e. The number of primary amides is 2. The SMILES string of the molecule is CC(C)(CSCCSCCC(N)=O)C(N)=O. The van der Waals surface area contributed by atoms with Gasteiger partial charge in [0.05, 0.1) is 5.41 Å². The molecule has 0 aliphatic heterocycles. The molecule has 4 nitrogen and oxygen atoms in total.